The lowest BCUT2D eigenvalue weighted by Crippen LogP contribution is -2.36. The van der Waals surface area contributed by atoms with Gasteiger partial charge in [-0.05, 0) is 31.1 Å². The van der Waals surface area contributed by atoms with E-state index in [1.165, 1.54) is 12.1 Å². The van der Waals surface area contributed by atoms with Crippen LogP contribution in [-0.2, 0) is 0 Å². The summed E-state index contributed by atoms with van der Waals surface area (Å²) >= 11 is 0. The maximum atomic E-state index is 14.9. The van der Waals surface area contributed by atoms with Gasteiger partial charge in [0.2, 0.25) is 0 Å². The van der Waals surface area contributed by atoms with E-state index in [0.29, 0.717) is 22.2 Å². The highest BCUT2D eigenvalue weighted by Crippen LogP contribution is 2.34. The number of aromatic nitrogens is 2. The summed E-state index contributed by atoms with van der Waals surface area (Å²) in [7, 11) is 0. The van der Waals surface area contributed by atoms with Crippen LogP contribution >= 0.6 is 0 Å². The van der Waals surface area contributed by atoms with E-state index in [1.807, 2.05) is 44.2 Å². The summed E-state index contributed by atoms with van der Waals surface area (Å²) in [6, 6.07) is 14.2. The van der Waals surface area contributed by atoms with Crippen molar-refractivity contribution >= 4 is 0 Å². The summed E-state index contributed by atoms with van der Waals surface area (Å²) in [6.45, 7) is 3.76. The Bertz CT molecular complexity index is 1380. The molecule has 4 rings (SSSR count). The van der Waals surface area contributed by atoms with Crippen LogP contribution < -0.4 is 16.0 Å². The molecule has 0 saturated carbocycles. The van der Waals surface area contributed by atoms with Gasteiger partial charge in [0, 0.05) is 18.6 Å². The Hall–Kier alpha value is -4.18. The Kier molecular flexibility index (Phi) is 5.37. The Morgan fingerprint density at radius 1 is 1.19 bits per heavy atom. The molecule has 1 aliphatic rings. The van der Waals surface area contributed by atoms with E-state index in [4.69, 9.17) is 4.74 Å². The minimum Gasteiger partial charge on any atom is -0.481 e. The largest absolute Gasteiger partial charge is 0.481 e. The normalized spacial score (nSPS) is 17.5. The van der Waals surface area contributed by atoms with E-state index in [1.54, 1.807) is 24.3 Å². The number of halogens is 1. The van der Waals surface area contributed by atoms with Crippen molar-refractivity contribution in [3.05, 3.63) is 105 Å². The molecule has 3 aromatic rings. The highest BCUT2D eigenvalue weighted by Gasteiger charge is 2.30. The fourth-order valence-corrected chi connectivity index (χ4v) is 3.59. The minimum atomic E-state index is -0.880. The van der Waals surface area contributed by atoms with Gasteiger partial charge in [-0.25, -0.2) is 13.8 Å². The summed E-state index contributed by atoms with van der Waals surface area (Å²) < 4.78 is 21.7. The molecule has 0 bridgehead atoms. The molecule has 160 valence electrons. The van der Waals surface area contributed by atoms with Gasteiger partial charge in [0.05, 0.1) is 16.9 Å². The van der Waals surface area contributed by atoms with E-state index in [2.05, 4.69) is 4.98 Å². The predicted octanol–water partition coefficient (Wildman–Crippen LogP) is 4.25. The molecule has 32 heavy (non-hydrogen) atoms. The van der Waals surface area contributed by atoms with Gasteiger partial charge in [0.25, 0.3) is 5.56 Å². The third kappa shape index (κ3) is 3.79. The number of nitriles is 1. The van der Waals surface area contributed by atoms with Crippen molar-refractivity contribution in [2.24, 2.45) is 0 Å². The van der Waals surface area contributed by atoms with Gasteiger partial charge in [-0.15, -0.1) is 0 Å². The zero-order valence-electron chi connectivity index (χ0n) is 17.6. The summed E-state index contributed by atoms with van der Waals surface area (Å²) in [5.41, 5.74) is -0.662. The van der Waals surface area contributed by atoms with Gasteiger partial charge in [-0.2, -0.15) is 5.26 Å². The number of benzene rings is 2. The SMILES string of the molecule is CC1=CC=CCC1(C)Oc1cc(-n2c(=O)cc(-c3ccccc3)[nH]c2=O)c(F)cc1C#N. The number of ether oxygens (including phenoxy) is 1. The lowest BCUT2D eigenvalue weighted by Gasteiger charge is -2.33. The molecular formula is C25H20FN3O3. The average Bonchev–Trinajstić information content (AvgIpc) is 2.78. The van der Waals surface area contributed by atoms with Crippen molar-refractivity contribution in [2.45, 2.75) is 25.9 Å². The van der Waals surface area contributed by atoms with Gasteiger partial charge in [-0.1, -0.05) is 48.6 Å². The van der Waals surface area contributed by atoms with Crippen LogP contribution in [0.3, 0.4) is 0 Å². The van der Waals surface area contributed by atoms with Crippen LogP contribution in [0.4, 0.5) is 4.39 Å². The molecule has 7 heteroatoms. The molecule has 1 unspecified atom stereocenters. The molecule has 2 aromatic carbocycles. The zero-order chi connectivity index (χ0) is 22.9. The molecule has 0 radical (unpaired) electrons. The number of aromatic amines is 1. The van der Waals surface area contributed by atoms with Crippen molar-refractivity contribution in [1.29, 1.82) is 5.26 Å². The molecule has 1 aliphatic carbocycles. The third-order valence-electron chi connectivity index (χ3n) is 5.59. The van der Waals surface area contributed by atoms with Crippen molar-refractivity contribution in [3.63, 3.8) is 0 Å². The van der Waals surface area contributed by atoms with Crippen molar-refractivity contribution in [2.75, 3.05) is 0 Å². The Labute approximate surface area is 183 Å². The Morgan fingerprint density at radius 2 is 1.94 bits per heavy atom. The van der Waals surface area contributed by atoms with E-state index in [9.17, 15) is 19.2 Å². The second-order valence-electron chi connectivity index (χ2n) is 7.75. The van der Waals surface area contributed by atoms with Crippen LogP contribution in [0.1, 0.15) is 25.8 Å². The maximum absolute atomic E-state index is 14.9. The van der Waals surface area contributed by atoms with Crippen LogP contribution in [0.15, 0.2) is 81.9 Å². The quantitative estimate of drug-likeness (QED) is 0.672. The van der Waals surface area contributed by atoms with Crippen molar-refractivity contribution < 1.29 is 9.13 Å². The number of rotatable bonds is 4. The topological polar surface area (TPSA) is 87.9 Å². The number of allylic oxidation sites excluding steroid dienone is 2. The number of nitrogens with zero attached hydrogens (tertiary/aromatic N) is 2. The molecule has 0 fully saturated rings. The van der Waals surface area contributed by atoms with Crippen LogP contribution in [-0.4, -0.2) is 15.2 Å². The molecule has 0 aliphatic heterocycles. The first-order chi connectivity index (χ1) is 15.3. The number of hydrogen-bond acceptors (Lipinski definition) is 4. The third-order valence-corrected chi connectivity index (χ3v) is 5.59. The van der Waals surface area contributed by atoms with E-state index < -0.39 is 22.7 Å². The van der Waals surface area contributed by atoms with Crippen molar-refractivity contribution in [3.8, 4) is 28.8 Å². The average molecular weight is 429 g/mol. The summed E-state index contributed by atoms with van der Waals surface area (Å²) in [4.78, 5) is 28.2. The van der Waals surface area contributed by atoms with Gasteiger partial charge >= 0.3 is 5.69 Å². The second kappa shape index (κ2) is 8.16. The molecule has 6 nitrogen and oxygen atoms in total. The summed E-state index contributed by atoms with van der Waals surface area (Å²) in [5.74, 6) is -0.789. The van der Waals surface area contributed by atoms with Crippen LogP contribution in [0.5, 0.6) is 5.75 Å². The van der Waals surface area contributed by atoms with E-state index in [0.717, 1.165) is 11.6 Å². The first kappa shape index (κ1) is 21.1. The number of nitrogens with one attached hydrogen (secondary N) is 1. The molecular weight excluding hydrogens is 409 g/mol. The molecule has 1 N–H and O–H groups in total. The van der Waals surface area contributed by atoms with E-state index >= 15 is 0 Å². The van der Waals surface area contributed by atoms with Crippen LogP contribution in [0, 0.1) is 17.1 Å². The Morgan fingerprint density at radius 3 is 2.59 bits per heavy atom. The predicted molar refractivity (Wildman–Crippen MR) is 119 cm³/mol. The zero-order valence-corrected chi connectivity index (χ0v) is 17.6. The molecule has 1 atom stereocenters. The van der Waals surface area contributed by atoms with Crippen LogP contribution in [0.25, 0.3) is 16.9 Å². The first-order valence-corrected chi connectivity index (χ1v) is 10.0. The highest BCUT2D eigenvalue weighted by atomic mass is 19.1. The number of H-pyrrole nitrogens is 1. The molecule has 0 saturated heterocycles. The lowest BCUT2D eigenvalue weighted by molar-refractivity contribution is 0.129. The number of hydrogen-bond donors (Lipinski definition) is 1. The monoisotopic (exact) mass is 429 g/mol. The van der Waals surface area contributed by atoms with Crippen molar-refractivity contribution in [1.82, 2.24) is 9.55 Å². The molecule has 1 heterocycles. The fourth-order valence-electron chi connectivity index (χ4n) is 3.59. The first-order valence-electron chi connectivity index (χ1n) is 10.0. The van der Waals surface area contributed by atoms with Gasteiger partial charge < -0.3 is 9.72 Å². The minimum absolute atomic E-state index is 0.0276. The van der Waals surface area contributed by atoms with E-state index in [-0.39, 0.29) is 17.0 Å². The standard InChI is InChI=1S/C25H20FN3O3/c1-16-8-6-7-11-25(16,2)32-22-14-21(19(26)12-18(22)15-27)29-23(30)13-20(28-24(29)31)17-9-4-3-5-10-17/h3-10,12-14H,11H2,1-2H3,(H,28,31). The fraction of sp³-hybridized carbons (Fsp3) is 0.160. The molecule has 1 aromatic heterocycles. The molecule has 0 spiro atoms. The summed E-state index contributed by atoms with van der Waals surface area (Å²) in [5, 5.41) is 9.49. The maximum Gasteiger partial charge on any atom is 0.333 e. The van der Waals surface area contributed by atoms with Gasteiger partial charge in [-0.3, -0.25) is 4.79 Å². The lowest BCUT2D eigenvalue weighted by atomic mass is 9.89. The van der Waals surface area contributed by atoms with Gasteiger partial charge in [0.15, 0.2) is 0 Å². The smallest absolute Gasteiger partial charge is 0.333 e. The highest BCUT2D eigenvalue weighted by molar-refractivity contribution is 5.58. The second-order valence-corrected chi connectivity index (χ2v) is 7.75. The van der Waals surface area contributed by atoms with Gasteiger partial charge in [0.1, 0.15) is 23.2 Å². The molecule has 0 amide bonds. The van der Waals surface area contributed by atoms with Crippen LogP contribution in [0.2, 0.25) is 0 Å². The summed E-state index contributed by atoms with van der Waals surface area (Å²) in [6.07, 6.45) is 6.30. The Balaban J connectivity index is 1.83.